The monoisotopic (exact) mass is 648 g/mol. The molecule has 0 aliphatic heterocycles. The largest absolute Gasteiger partial charge is 0.493 e. The molecule has 2 amide bonds. The summed E-state index contributed by atoms with van der Waals surface area (Å²) in [6.07, 6.45) is -0.839. The van der Waals surface area contributed by atoms with Crippen LogP contribution in [0.4, 0.5) is 25.0 Å². The lowest BCUT2D eigenvalue weighted by Crippen LogP contribution is -2.24. The SMILES string of the molecule is COC(=O)c1cc(NC(=O)Nc2ccc(OCOC(=O)C(C)(C)C)c(OC)c2)ccc1OC(c1ccc(F)cc1)c1ccc(F)cc1. The summed E-state index contributed by atoms with van der Waals surface area (Å²) in [6, 6.07) is 19.5. The van der Waals surface area contributed by atoms with Crippen molar-refractivity contribution in [3.05, 3.63) is 113 Å². The number of urea groups is 1. The fourth-order valence-electron chi connectivity index (χ4n) is 4.23. The van der Waals surface area contributed by atoms with Crippen LogP contribution in [0.1, 0.15) is 48.4 Å². The summed E-state index contributed by atoms with van der Waals surface area (Å²) < 4.78 is 54.5. The van der Waals surface area contributed by atoms with Gasteiger partial charge < -0.3 is 34.3 Å². The second kappa shape index (κ2) is 15.1. The maximum Gasteiger partial charge on any atom is 0.341 e. The number of halogens is 2. The van der Waals surface area contributed by atoms with Crippen LogP contribution in [0, 0.1) is 17.0 Å². The number of rotatable bonds is 11. The van der Waals surface area contributed by atoms with Crippen molar-refractivity contribution in [2.24, 2.45) is 5.41 Å². The predicted octanol–water partition coefficient (Wildman–Crippen LogP) is 7.50. The third-order valence-electron chi connectivity index (χ3n) is 6.67. The average molecular weight is 649 g/mol. The Morgan fingerprint density at radius 2 is 1.26 bits per heavy atom. The molecule has 0 heterocycles. The molecule has 12 heteroatoms. The highest BCUT2D eigenvalue weighted by Gasteiger charge is 2.24. The van der Waals surface area contributed by atoms with Crippen LogP contribution in [0.2, 0.25) is 0 Å². The van der Waals surface area contributed by atoms with Crippen LogP contribution in [-0.2, 0) is 14.3 Å². The van der Waals surface area contributed by atoms with Crippen LogP contribution in [-0.4, -0.2) is 39.0 Å². The molecule has 0 aromatic heterocycles. The molecular weight excluding hydrogens is 614 g/mol. The third kappa shape index (κ3) is 9.19. The first-order valence-corrected chi connectivity index (χ1v) is 14.3. The number of esters is 2. The fourth-order valence-corrected chi connectivity index (χ4v) is 4.23. The number of carbonyl (C=O) groups is 3. The Bertz CT molecular complexity index is 1680. The zero-order valence-corrected chi connectivity index (χ0v) is 26.4. The van der Waals surface area contributed by atoms with Crippen molar-refractivity contribution in [1.29, 1.82) is 0 Å². The third-order valence-corrected chi connectivity index (χ3v) is 6.67. The second-order valence-electron chi connectivity index (χ2n) is 11.2. The van der Waals surface area contributed by atoms with E-state index in [2.05, 4.69) is 10.6 Å². The van der Waals surface area contributed by atoms with Crippen LogP contribution in [0.15, 0.2) is 84.9 Å². The summed E-state index contributed by atoms with van der Waals surface area (Å²) >= 11 is 0. The van der Waals surface area contributed by atoms with E-state index >= 15 is 0 Å². The predicted molar refractivity (Wildman–Crippen MR) is 170 cm³/mol. The first-order chi connectivity index (χ1) is 22.4. The van der Waals surface area contributed by atoms with Crippen molar-refractivity contribution in [2.75, 3.05) is 31.6 Å². The highest BCUT2D eigenvalue weighted by atomic mass is 19.1. The minimum Gasteiger partial charge on any atom is -0.493 e. The van der Waals surface area contributed by atoms with Gasteiger partial charge in [-0.2, -0.15) is 0 Å². The van der Waals surface area contributed by atoms with Gasteiger partial charge in [-0.15, -0.1) is 0 Å². The molecule has 0 atom stereocenters. The summed E-state index contributed by atoms with van der Waals surface area (Å²) in [6.45, 7) is 4.85. The van der Waals surface area contributed by atoms with Gasteiger partial charge in [-0.3, -0.25) is 4.79 Å². The van der Waals surface area contributed by atoms with Gasteiger partial charge in [-0.25, -0.2) is 18.4 Å². The van der Waals surface area contributed by atoms with Crippen molar-refractivity contribution in [2.45, 2.75) is 26.9 Å². The number of benzene rings is 4. The zero-order chi connectivity index (χ0) is 34.1. The van der Waals surface area contributed by atoms with Crippen molar-refractivity contribution >= 4 is 29.3 Å². The minimum absolute atomic E-state index is 0.00476. The van der Waals surface area contributed by atoms with Gasteiger partial charge in [0, 0.05) is 17.4 Å². The van der Waals surface area contributed by atoms with Gasteiger partial charge in [0.1, 0.15) is 29.1 Å². The normalized spacial score (nSPS) is 11.0. The molecule has 246 valence electrons. The minimum atomic E-state index is -0.839. The number of amides is 2. The van der Waals surface area contributed by atoms with Crippen molar-refractivity contribution in [3.8, 4) is 17.2 Å². The van der Waals surface area contributed by atoms with E-state index in [1.807, 2.05) is 0 Å². The molecule has 0 spiro atoms. The van der Waals surface area contributed by atoms with Crippen LogP contribution in [0.5, 0.6) is 17.2 Å². The Kier molecular flexibility index (Phi) is 11.0. The topological polar surface area (TPSA) is 121 Å². The van der Waals surface area contributed by atoms with Gasteiger partial charge in [0.2, 0.25) is 6.79 Å². The summed E-state index contributed by atoms with van der Waals surface area (Å²) in [5.41, 5.74) is 1.00. The van der Waals surface area contributed by atoms with E-state index in [1.54, 1.807) is 32.9 Å². The molecule has 0 fully saturated rings. The number of anilines is 2. The molecule has 4 aromatic rings. The molecular formula is C35H34F2N2O8. The molecule has 0 aliphatic carbocycles. The van der Waals surface area contributed by atoms with E-state index in [0.717, 1.165) is 0 Å². The molecule has 2 N–H and O–H groups in total. The van der Waals surface area contributed by atoms with E-state index in [-0.39, 0.29) is 35.3 Å². The van der Waals surface area contributed by atoms with Gasteiger partial charge in [-0.1, -0.05) is 24.3 Å². The van der Waals surface area contributed by atoms with Gasteiger partial charge >= 0.3 is 18.0 Å². The Hall–Kier alpha value is -5.65. The average Bonchev–Trinajstić information content (AvgIpc) is 3.04. The number of nitrogens with one attached hydrogen (secondary N) is 2. The Balaban J connectivity index is 1.50. The fraction of sp³-hybridized carbons (Fsp3) is 0.229. The maximum absolute atomic E-state index is 13.7. The summed E-state index contributed by atoms with van der Waals surface area (Å²) in [7, 11) is 2.62. The quantitative estimate of drug-likeness (QED) is 0.127. The first kappa shape index (κ1) is 34.2. The molecule has 4 rings (SSSR count). The zero-order valence-electron chi connectivity index (χ0n) is 26.4. The van der Waals surface area contributed by atoms with E-state index in [4.69, 9.17) is 23.7 Å². The molecule has 10 nitrogen and oxygen atoms in total. The number of carbonyl (C=O) groups excluding carboxylic acids is 3. The van der Waals surface area contributed by atoms with Crippen LogP contribution >= 0.6 is 0 Å². The van der Waals surface area contributed by atoms with Crippen molar-refractivity contribution in [1.82, 2.24) is 0 Å². The molecule has 0 aliphatic rings. The lowest BCUT2D eigenvalue weighted by Gasteiger charge is -2.22. The molecule has 0 unspecified atom stereocenters. The summed E-state index contributed by atoms with van der Waals surface area (Å²) in [5.74, 6) is -1.39. The smallest absolute Gasteiger partial charge is 0.341 e. The highest BCUT2D eigenvalue weighted by Crippen LogP contribution is 2.34. The number of ether oxygens (including phenoxy) is 5. The summed E-state index contributed by atoms with van der Waals surface area (Å²) in [5, 5.41) is 5.32. The molecule has 0 bridgehead atoms. The van der Waals surface area contributed by atoms with Crippen LogP contribution in [0.3, 0.4) is 0 Å². The number of hydrogen-bond acceptors (Lipinski definition) is 8. The molecule has 47 heavy (non-hydrogen) atoms. The van der Waals surface area contributed by atoms with E-state index in [0.29, 0.717) is 16.8 Å². The van der Waals surface area contributed by atoms with Crippen molar-refractivity contribution in [3.63, 3.8) is 0 Å². The van der Waals surface area contributed by atoms with E-state index in [9.17, 15) is 23.2 Å². The standard InChI is InChI=1S/C35H34F2N2O8/c1-35(2,3)33(41)46-20-45-29-17-15-26(19-30(29)43-4)39-34(42)38-25-14-16-28(27(18-25)32(40)44-5)47-31(21-6-10-23(36)11-7-21)22-8-12-24(37)13-9-22/h6-19,31H,20H2,1-5H3,(H2,38,39,42). The second-order valence-corrected chi connectivity index (χ2v) is 11.2. The van der Waals surface area contributed by atoms with E-state index < -0.39 is 41.1 Å². The molecule has 4 aromatic carbocycles. The van der Waals surface area contributed by atoms with Crippen LogP contribution < -0.4 is 24.8 Å². The lowest BCUT2D eigenvalue weighted by atomic mass is 9.98. The molecule has 0 saturated heterocycles. The van der Waals surface area contributed by atoms with Crippen molar-refractivity contribution < 1.29 is 46.8 Å². The van der Waals surface area contributed by atoms with Gasteiger partial charge in [0.15, 0.2) is 11.5 Å². The highest BCUT2D eigenvalue weighted by molar-refractivity contribution is 6.01. The summed E-state index contributed by atoms with van der Waals surface area (Å²) in [4.78, 5) is 37.6. The van der Waals surface area contributed by atoms with E-state index in [1.165, 1.54) is 87.0 Å². The van der Waals surface area contributed by atoms with Crippen LogP contribution in [0.25, 0.3) is 0 Å². The van der Waals surface area contributed by atoms with Gasteiger partial charge in [0.05, 0.1) is 19.6 Å². The molecule has 0 radical (unpaired) electrons. The van der Waals surface area contributed by atoms with Gasteiger partial charge in [0.25, 0.3) is 0 Å². The first-order valence-electron chi connectivity index (χ1n) is 14.3. The number of hydrogen-bond donors (Lipinski definition) is 2. The Labute approximate surface area is 270 Å². The molecule has 0 saturated carbocycles. The number of methoxy groups -OCH3 is 2. The van der Waals surface area contributed by atoms with Gasteiger partial charge in [-0.05, 0) is 86.5 Å². The lowest BCUT2D eigenvalue weighted by molar-refractivity contribution is -0.159. The Morgan fingerprint density at radius 1 is 0.723 bits per heavy atom. The Morgan fingerprint density at radius 3 is 1.77 bits per heavy atom. The maximum atomic E-state index is 13.7.